The highest BCUT2D eigenvalue weighted by Gasteiger charge is 2.44. The lowest BCUT2D eigenvalue weighted by Crippen LogP contribution is -2.30. The Kier molecular flexibility index (Phi) is 4.99. The SMILES string of the molecule is O=C(C1=C(O)C(=O)N(Cc2ccncc2)C1c1ccccc1)c1cc2cc(Cl)ccc2o1. The average molecular weight is 445 g/mol. The summed E-state index contributed by atoms with van der Waals surface area (Å²) < 4.78 is 5.73. The van der Waals surface area contributed by atoms with Crippen LogP contribution in [0, 0.1) is 0 Å². The van der Waals surface area contributed by atoms with Gasteiger partial charge in [0, 0.05) is 29.3 Å². The fourth-order valence-corrected chi connectivity index (χ4v) is 4.15. The molecule has 0 aliphatic carbocycles. The van der Waals surface area contributed by atoms with Crippen LogP contribution in [0.3, 0.4) is 0 Å². The number of hydrogen-bond acceptors (Lipinski definition) is 5. The van der Waals surface area contributed by atoms with Crippen LogP contribution in [0.15, 0.2) is 94.9 Å². The number of aromatic nitrogens is 1. The van der Waals surface area contributed by atoms with Gasteiger partial charge in [0.1, 0.15) is 5.58 Å². The summed E-state index contributed by atoms with van der Waals surface area (Å²) in [4.78, 5) is 32.0. The van der Waals surface area contributed by atoms with E-state index >= 15 is 0 Å². The van der Waals surface area contributed by atoms with Crippen LogP contribution in [0.25, 0.3) is 11.0 Å². The number of carbonyl (C=O) groups is 2. The molecule has 4 aromatic rings. The number of Topliss-reactive ketones (excluding diaryl/α,β-unsaturated/α-hetero) is 1. The zero-order valence-corrected chi connectivity index (χ0v) is 17.5. The number of fused-ring (bicyclic) bond motifs is 1. The van der Waals surface area contributed by atoms with Crippen molar-refractivity contribution in [1.29, 1.82) is 0 Å². The molecule has 0 radical (unpaired) electrons. The van der Waals surface area contributed by atoms with Crippen molar-refractivity contribution in [3.63, 3.8) is 0 Å². The molecule has 5 rings (SSSR count). The number of carbonyl (C=O) groups excluding carboxylic acids is 2. The van der Waals surface area contributed by atoms with Gasteiger partial charge in [-0.1, -0.05) is 41.9 Å². The second-order valence-corrected chi connectivity index (χ2v) is 7.92. The summed E-state index contributed by atoms with van der Waals surface area (Å²) in [6.45, 7) is 0.206. The Hall–Kier alpha value is -3.90. The highest BCUT2D eigenvalue weighted by Crippen LogP contribution is 2.40. The normalized spacial score (nSPS) is 16.2. The van der Waals surface area contributed by atoms with Crippen molar-refractivity contribution in [3.05, 3.63) is 112 Å². The monoisotopic (exact) mass is 444 g/mol. The zero-order valence-electron chi connectivity index (χ0n) is 16.7. The van der Waals surface area contributed by atoms with Crippen LogP contribution in [-0.2, 0) is 11.3 Å². The lowest BCUT2D eigenvalue weighted by atomic mass is 9.95. The van der Waals surface area contributed by atoms with Crippen molar-refractivity contribution in [2.45, 2.75) is 12.6 Å². The van der Waals surface area contributed by atoms with E-state index in [1.54, 1.807) is 48.8 Å². The van der Waals surface area contributed by atoms with Crippen molar-refractivity contribution in [2.75, 3.05) is 0 Å². The van der Waals surface area contributed by atoms with Gasteiger partial charge in [-0.15, -0.1) is 0 Å². The molecule has 0 fully saturated rings. The lowest BCUT2D eigenvalue weighted by molar-refractivity contribution is -0.130. The molecule has 158 valence electrons. The van der Waals surface area contributed by atoms with E-state index in [-0.39, 0.29) is 17.9 Å². The van der Waals surface area contributed by atoms with Crippen LogP contribution in [-0.4, -0.2) is 26.7 Å². The first-order chi connectivity index (χ1) is 15.5. The number of furan rings is 1. The summed E-state index contributed by atoms with van der Waals surface area (Å²) >= 11 is 6.04. The quantitative estimate of drug-likeness (QED) is 0.424. The van der Waals surface area contributed by atoms with Gasteiger partial charge in [0.25, 0.3) is 5.91 Å². The summed E-state index contributed by atoms with van der Waals surface area (Å²) in [6, 6.07) is 18.6. The number of nitrogens with zero attached hydrogens (tertiary/aromatic N) is 2. The molecule has 0 spiro atoms. The zero-order chi connectivity index (χ0) is 22.2. The summed E-state index contributed by atoms with van der Waals surface area (Å²) in [7, 11) is 0. The Morgan fingerprint density at radius 1 is 1.06 bits per heavy atom. The molecular weight excluding hydrogens is 428 g/mol. The van der Waals surface area contributed by atoms with Crippen molar-refractivity contribution < 1.29 is 19.1 Å². The number of amides is 1. The molecule has 1 N–H and O–H groups in total. The van der Waals surface area contributed by atoms with E-state index in [9.17, 15) is 14.7 Å². The van der Waals surface area contributed by atoms with E-state index in [1.807, 2.05) is 30.3 Å². The molecule has 32 heavy (non-hydrogen) atoms. The second-order valence-electron chi connectivity index (χ2n) is 7.49. The van der Waals surface area contributed by atoms with Gasteiger partial charge in [0.15, 0.2) is 11.5 Å². The van der Waals surface area contributed by atoms with Crippen LogP contribution < -0.4 is 0 Å². The minimum Gasteiger partial charge on any atom is -0.503 e. The molecule has 2 aromatic carbocycles. The Morgan fingerprint density at radius 3 is 2.56 bits per heavy atom. The van der Waals surface area contributed by atoms with Crippen molar-refractivity contribution in [2.24, 2.45) is 0 Å². The minimum atomic E-state index is -0.763. The number of pyridine rings is 1. The van der Waals surface area contributed by atoms with E-state index in [0.717, 1.165) is 5.56 Å². The van der Waals surface area contributed by atoms with E-state index in [1.165, 1.54) is 4.90 Å². The van der Waals surface area contributed by atoms with Gasteiger partial charge in [-0.2, -0.15) is 0 Å². The molecule has 3 heterocycles. The number of benzene rings is 2. The summed E-state index contributed by atoms with van der Waals surface area (Å²) in [5.74, 6) is -1.70. The van der Waals surface area contributed by atoms with Crippen LogP contribution in [0.5, 0.6) is 0 Å². The van der Waals surface area contributed by atoms with Gasteiger partial charge in [-0.25, -0.2) is 0 Å². The molecule has 1 aliphatic rings. The number of ketones is 1. The summed E-state index contributed by atoms with van der Waals surface area (Å²) in [5.41, 5.74) is 2.02. The third-order valence-corrected chi connectivity index (χ3v) is 5.70. The average Bonchev–Trinajstić information content (AvgIpc) is 3.34. The van der Waals surface area contributed by atoms with E-state index in [2.05, 4.69) is 4.98 Å². The predicted octanol–water partition coefficient (Wildman–Crippen LogP) is 5.26. The van der Waals surface area contributed by atoms with Gasteiger partial charge in [0.2, 0.25) is 5.78 Å². The first-order valence-corrected chi connectivity index (χ1v) is 10.3. The fourth-order valence-electron chi connectivity index (χ4n) is 3.97. The number of aliphatic hydroxyl groups excluding tert-OH is 1. The van der Waals surface area contributed by atoms with Gasteiger partial charge in [0.05, 0.1) is 11.6 Å². The van der Waals surface area contributed by atoms with Gasteiger partial charge >= 0.3 is 0 Å². The Labute approximate surface area is 188 Å². The highest BCUT2D eigenvalue weighted by molar-refractivity contribution is 6.31. The predicted molar refractivity (Wildman–Crippen MR) is 119 cm³/mol. The molecule has 1 amide bonds. The van der Waals surface area contributed by atoms with Crippen LogP contribution in [0.4, 0.5) is 0 Å². The number of halogens is 1. The van der Waals surface area contributed by atoms with Crippen molar-refractivity contribution in [3.8, 4) is 0 Å². The van der Waals surface area contributed by atoms with Gasteiger partial charge in [-0.05, 0) is 47.5 Å². The Bertz CT molecular complexity index is 1360. The molecule has 1 unspecified atom stereocenters. The molecule has 0 bridgehead atoms. The summed E-state index contributed by atoms with van der Waals surface area (Å²) in [6.07, 6.45) is 3.26. The lowest BCUT2D eigenvalue weighted by Gasteiger charge is -2.26. The highest BCUT2D eigenvalue weighted by atomic mass is 35.5. The van der Waals surface area contributed by atoms with E-state index < -0.39 is 23.5 Å². The van der Waals surface area contributed by atoms with Gasteiger partial charge < -0.3 is 14.4 Å². The van der Waals surface area contributed by atoms with Crippen molar-refractivity contribution >= 4 is 34.3 Å². The second kappa shape index (κ2) is 7.98. The number of rotatable bonds is 5. The smallest absolute Gasteiger partial charge is 0.290 e. The molecule has 1 aliphatic heterocycles. The maximum atomic E-state index is 13.5. The van der Waals surface area contributed by atoms with Crippen molar-refractivity contribution in [1.82, 2.24) is 9.88 Å². The summed E-state index contributed by atoms with van der Waals surface area (Å²) in [5, 5.41) is 12.0. The van der Waals surface area contributed by atoms with E-state index in [4.69, 9.17) is 16.0 Å². The first kappa shape index (κ1) is 20.0. The van der Waals surface area contributed by atoms with Crippen LogP contribution >= 0.6 is 11.6 Å². The topological polar surface area (TPSA) is 83.6 Å². The maximum Gasteiger partial charge on any atom is 0.290 e. The third-order valence-electron chi connectivity index (χ3n) is 5.47. The Morgan fingerprint density at radius 2 is 1.81 bits per heavy atom. The minimum absolute atomic E-state index is 0.0135. The molecule has 6 nitrogen and oxygen atoms in total. The Balaban J connectivity index is 1.59. The number of hydrogen-bond donors (Lipinski definition) is 1. The largest absolute Gasteiger partial charge is 0.503 e. The molecule has 0 saturated heterocycles. The number of aliphatic hydroxyl groups is 1. The van der Waals surface area contributed by atoms with Gasteiger partial charge in [-0.3, -0.25) is 14.6 Å². The standard InChI is InChI=1S/C25H17ClN2O4/c26-18-6-7-19-17(12-18)13-20(32-19)23(29)21-22(16-4-2-1-3-5-16)28(25(31)24(21)30)14-15-8-10-27-11-9-15/h1-13,22,30H,14H2. The van der Waals surface area contributed by atoms with E-state index in [0.29, 0.717) is 21.6 Å². The molecular formula is C25H17ClN2O4. The van der Waals surface area contributed by atoms with Crippen LogP contribution in [0.1, 0.15) is 27.7 Å². The maximum absolute atomic E-state index is 13.5. The molecule has 2 aromatic heterocycles. The third kappa shape index (κ3) is 3.44. The fraction of sp³-hybridized carbons (Fsp3) is 0.0800. The first-order valence-electron chi connectivity index (χ1n) is 9.94. The molecule has 1 atom stereocenters. The molecule has 7 heteroatoms. The molecule has 0 saturated carbocycles. The van der Waals surface area contributed by atoms with Crippen LogP contribution in [0.2, 0.25) is 5.02 Å².